The number of aromatic nitrogens is 2. The lowest BCUT2D eigenvalue weighted by Gasteiger charge is -2.44. The molecule has 4 saturated heterocycles. The number of carboxylic acid groups (broad SMARTS) is 1. The van der Waals surface area contributed by atoms with Gasteiger partial charge in [0.15, 0.2) is 0 Å². The molecule has 0 spiro atoms. The van der Waals surface area contributed by atoms with Crippen molar-refractivity contribution in [1.82, 2.24) is 30.0 Å². The van der Waals surface area contributed by atoms with Crippen molar-refractivity contribution in [3.05, 3.63) is 72.1 Å². The second kappa shape index (κ2) is 33.6. The quantitative estimate of drug-likeness (QED) is 0.114. The molecule has 91 heavy (non-hydrogen) atoms. The summed E-state index contributed by atoms with van der Waals surface area (Å²) in [5.41, 5.74) is 7.13. The summed E-state index contributed by atoms with van der Waals surface area (Å²) in [4.78, 5) is 87.0. The fraction of sp³-hybridized carbons (Fsp3) is 0.662. The first-order chi connectivity index (χ1) is 43.8. The predicted molar refractivity (Wildman–Crippen MR) is 356 cm³/mol. The van der Waals surface area contributed by atoms with E-state index in [0.717, 1.165) is 124 Å². The van der Waals surface area contributed by atoms with Crippen LogP contribution in [0.4, 0.5) is 9.59 Å². The molecular formula is C71H105N9O11. The van der Waals surface area contributed by atoms with Gasteiger partial charge < -0.3 is 59.1 Å². The summed E-state index contributed by atoms with van der Waals surface area (Å²) < 4.78 is 11.0. The molecule has 4 saturated carbocycles. The molecule has 8 unspecified atom stereocenters. The Kier molecular flexibility index (Phi) is 25.8. The summed E-state index contributed by atoms with van der Waals surface area (Å²) in [6.45, 7) is 14.4. The topological polar surface area (TPSA) is 242 Å². The van der Waals surface area contributed by atoms with E-state index in [1.54, 1.807) is 26.2 Å². The van der Waals surface area contributed by atoms with Crippen LogP contribution >= 0.6 is 0 Å². The first-order valence-electron chi connectivity index (χ1n) is 33.9. The highest BCUT2D eigenvalue weighted by atomic mass is 16.6. The number of carbonyl (C=O) groups excluding carboxylic acids is 4. The number of hydrogen-bond donors (Lipinski definition) is 4. The van der Waals surface area contributed by atoms with E-state index in [1.165, 1.54) is 68.0 Å². The van der Waals surface area contributed by atoms with E-state index in [0.29, 0.717) is 68.0 Å². The normalized spacial score (nSPS) is 26.1. The lowest BCUT2D eigenvalue weighted by Crippen LogP contribution is -2.54. The summed E-state index contributed by atoms with van der Waals surface area (Å²) >= 11 is 0. The van der Waals surface area contributed by atoms with Crippen molar-refractivity contribution >= 4 is 68.8 Å². The fourth-order valence-electron chi connectivity index (χ4n) is 15.1. The Bertz CT molecular complexity index is 3120. The van der Waals surface area contributed by atoms with Gasteiger partial charge in [0.1, 0.15) is 38.3 Å². The molecule has 4 aliphatic heterocycles. The summed E-state index contributed by atoms with van der Waals surface area (Å²) in [7, 11) is 4.85. The van der Waals surface area contributed by atoms with Gasteiger partial charge in [-0.3, -0.25) is 14.4 Å². The second-order valence-corrected chi connectivity index (χ2v) is 27.6. The molecule has 2 aromatic heterocycles. The number of aryl methyl sites for hydroxylation is 2. The van der Waals surface area contributed by atoms with E-state index < -0.39 is 17.2 Å². The van der Waals surface area contributed by atoms with Gasteiger partial charge >= 0.3 is 18.2 Å². The fourth-order valence-corrected chi connectivity index (χ4v) is 15.1. The number of carboxylic acids is 1. The number of nitrogens with zero attached hydrogens (tertiary/aromatic N) is 6. The Hall–Kier alpha value is -6.96. The molecule has 4 aliphatic carbocycles. The number of nitrogens with one attached hydrogen (secondary N) is 3. The number of H-pyrrole nitrogens is 2. The third-order valence-corrected chi connectivity index (χ3v) is 19.2. The van der Waals surface area contributed by atoms with Crippen LogP contribution in [0.3, 0.4) is 0 Å². The van der Waals surface area contributed by atoms with E-state index >= 15 is 0 Å². The van der Waals surface area contributed by atoms with Crippen LogP contribution in [0.1, 0.15) is 194 Å². The number of amides is 3. The van der Waals surface area contributed by atoms with Crippen LogP contribution in [0.2, 0.25) is 0 Å². The number of ketones is 1. The molecule has 4 N–H and O–H groups in total. The minimum absolute atomic E-state index is 0.0556. The van der Waals surface area contributed by atoms with Gasteiger partial charge in [-0.2, -0.15) is 0 Å². The minimum Gasteiger partial charge on any atom is -0.481 e. The molecule has 20 heteroatoms. The number of oxime groups is 3. The highest BCUT2D eigenvalue weighted by Crippen LogP contribution is 2.38. The standard InChI is InChI=1S/C21H27N3O2.C15H26N2O3.C14H23NO3.C11H11NO2.C10H18N2O/c1-26-23-19-12-13-24(20-9-5-3-7-17(19)20)21(25)11-10-15-14-22-18-8-4-2-6-16(15)18;1-15(2,3)20-14(18)17-10-9-12(16-19-4)11-7-5-6-8-13(11)17;1-14(2,3)18-13(17)15-9-8-12(16)10-6-4-5-7-11(10)15;13-11(14)6-5-8-7-12-10-4-2-1-3-9(8)10;1-13-12-10-6-7-11-9-5-3-2-4-8(9)10/h2,4,6,8,14,17,20,22H,3,5,7,9-13H2,1H3;11,13H,5-10H2,1-4H3;10-11H,4-9H2,1-3H3;1-4,7,12H,5-6H2,(H,13,14);8-9,11H,2-7H2,1H3/b23-19-;16-12+;;;12-10+. The number of benzene rings is 2. The monoisotopic (exact) mass is 1260 g/mol. The third kappa shape index (κ3) is 19.5. The van der Waals surface area contributed by atoms with Crippen LogP contribution in [-0.2, 0) is 51.2 Å². The lowest BCUT2D eigenvalue weighted by molar-refractivity contribution is -0.137. The van der Waals surface area contributed by atoms with Gasteiger partial charge in [0.05, 0.1) is 17.1 Å². The second-order valence-electron chi connectivity index (χ2n) is 27.6. The molecule has 2 aromatic carbocycles. The maximum Gasteiger partial charge on any atom is 0.410 e. The van der Waals surface area contributed by atoms with E-state index in [4.69, 9.17) is 29.1 Å². The molecule has 8 fully saturated rings. The van der Waals surface area contributed by atoms with Crippen molar-refractivity contribution in [3.8, 4) is 0 Å². The number of piperidine rings is 4. The Morgan fingerprint density at radius 3 is 1.42 bits per heavy atom. The zero-order valence-corrected chi connectivity index (χ0v) is 55.9. The number of carbonyl (C=O) groups is 5. The first kappa shape index (κ1) is 69.9. The molecule has 3 amide bonds. The van der Waals surface area contributed by atoms with Crippen molar-refractivity contribution in [1.29, 1.82) is 0 Å². The molecule has 0 bridgehead atoms. The molecule has 8 atom stereocenters. The van der Waals surface area contributed by atoms with Crippen LogP contribution in [0, 0.1) is 23.7 Å². The van der Waals surface area contributed by atoms with Crippen molar-refractivity contribution in [2.45, 2.75) is 231 Å². The van der Waals surface area contributed by atoms with E-state index in [2.05, 4.69) is 53.9 Å². The number of Topliss-reactive ketones (excluding diaryl/α,β-unsaturated/α-hetero) is 1. The largest absolute Gasteiger partial charge is 0.481 e. The van der Waals surface area contributed by atoms with Gasteiger partial charge in [-0.1, -0.05) is 103 Å². The Labute approximate surface area is 539 Å². The van der Waals surface area contributed by atoms with Gasteiger partial charge in [0, 0.05) is 147 Å². The Balaban J connectivity index is 0.000000150. The highest BCUT2D eigenvalue weighted by molar-refractivity contribution is 5.92. The molecule has 500 valence electrons. The maximum atomic E-state index is 13.0. The van der Waals surface area contributed by atoms with Gasteiger partial charge in [0.2, 0.25) is 5.91 Å². The minimum atomic E-state index is -0.754. The molecule has 12 rings (SSSR count). The van der Waals surface area contributed by atoms with Crippen LogP contribution in [0.5, 0.6) is 0 Å². The van der Waals surface area contributed by atoms with Gasteiger partial charge in [-0.25, -0.2) is 9.59 Å². The maximum absolute atomic E-state index is 13.0. The van der Waals surface area contributed by atoms with E-state index in [1.807, 2.05) is 89.2 Å². The number of rotatable bonds is 9. The Morgan fingerprint density at radius 1 is 0.516 bits per heavy atom. The van der Waals surface area contributed by atoms with Crippen LogP contribution < -0.4 is 5.32 Å². The zero-order chi connectivity index (χ0) is 65.1. The Morgan fingerprint density at radius 2 is 0.923 bits per heavy atom. The third-order valence-electron chi connectivity index (χ3n) is 19.2. The number of aromatic amines is 2. The summed E-state index contributed by atoms with van der Waals surface area (Å²) in [5.74, 6) is 1.29. The summed E-state index contributed by atoms with van der Waals surface area (Å²) in [6.07, 6.45) is 27.3. The number of para-hydroxylation sites is 2. The lowest BCUT2D eigenvalue weighted by atomic mass is 9.77. The van der Waals surface area contributed by atoms with Crippen molar-refractivity contribution in [2.24, 2.45) is 39.1 Å². The van der Waals surface area contributed by atoms with Crippen molar-refractivity contribution < 1.29 is 53.1 Å². The number of hydrogen-bond acceptors (Lipinski definition) is 14. The zero-order valence-electron chi connectivity index (χ0n) is 55.9. The number of likely N-dealkylation sites (tertiary alicyclic amines) is 3. The van der Waals surface area contributed by atoms with E-state index in [-0.39, 0.29) is 42.5 Å². The molecule has 20 nitrogen and oxygen atoms in total. The molecule has 0 radical (unpaired) electrons. The number of aliphatic carboxylic acids is 1. The number of fused-ring (bicyclic) bond motifs is 6. The van der Waals surface area contributed by atoms with Crippen molar-refractivity contribution in [2.75, 3.05) is 47.5 Å². The highest BCUT2D eigenvalue weighted by Gasteiger charge is 2.44. The van der Waals surface area contributed by atoms with Crippen LogP contribution in [0.25, 0.3) is 21.8 Å². The summed E-state index contributed by atoms with van der Waals surface area (Å²) in [5, 5.41) is 27.1. The van der Waals surface area contributed by atoms with E-state index in [9.17, 15) is 24.0 Å². The smallest absolute Gasteiger partial charge is 0.410 e. The van der Waals surface area contributed by atoms with Crippen LogP contribution in [0.15, 0.2) is 76.4 Å². The van der Waals surface area contributed by atoms with Gasteiger partial charge in [-0.05, 0) is 129 Å². The molecule has 6 heterocycles. The van der Waals surface area contributed by atoms with Crippen molar-refractivity contribution in [3.63, 3.8) is 0 Å². The predicted octanol–water partition coefficient (Wildman–Crippen LogP) is 13.6. The summed E-state index contributed by atoms with van der Waals surface area (Å²) in [6, 6.07) is 17.5. The van der Waals surface area contributed by atoms with Gasteiger partial charge in [-0.15, -0.1) is 0 Å². The van der Waals surface area contributed by atoms with Crippen LogP contribution in [-0.4, -0.2) is 160 Å². The average molecular weight is 1260 g/mol. The van der Waals surface area contributed by atoms with Gasteiger partial charge in [0.25, 0.3) is 0 Å². The number of ether oxygens (including phenoxy) is 2. The average Bonchev–Trinajstić information content (AvgIpc) is 2.43. The molecule has 4 aromatic rings. The molecular weight excluding hydrogens is 1150 g/mol. The SMILES string of the molecule is CC(C)(C)OC(=O)N1CCC(=O)C2CCCCC21.CO/N=C1/CCN(C(=O)CCc2c[nH]c3ccccc23)C2CCCCC12.CO/N=C1\CCN(C(=O)OC(C)(C)C)C2CCCCC12.CO/N=C1\CCNC2CCCCC12.O=C(O)CCc1c[nH]c2ccccc12. The first-order valence-corrected chi connectivity index (χ1v) is 33.9. The molecule has 8 aliphatic rings.